The molecule has 248 valence electrons. The van der Waals surface area contributed by atoms with Crippen molar-refractivity contribution in [3.05, 3.63) is 182 Å². The number of fused-ring (bicyclic) bond motifs is 5. The van der Waals surface area contributed by atoms with E-state index in [0.29, 0.717) is 17.5 Å². The summed E-state index contributed by atoms with van der Waals surface area (Å²) in [5, 5.41) is 5.77. The normalized spacial score (nSPS) is 11.4. The summed E-state index contributed by atoms with van der Waals surface area (Å²) in [7, 11) is 0. The number of hydrogen-bond acceptors (Lipinski definition) is 5. The fraction of sp³-hybridized carbons (Fsp3) is 0. The first-order chi connectivity index (χ1) is 26.2. The summed E-state index contributed by atoms with van der Waals surface area (Å²) in [6, 6.07) is 63.5. The van der Waals surface area contributed by atoms with Crippen molar-refractivity contribution in [2.24, 2.45) is 0 Å². The summed E-state index contributed by atoms with van der Waals surface area (Å²) in [5.74, 6) is 1.94. The van der Waals surface area contributed by atoms with Crippen molar-refractivity contribution >= 4 is 43.1 Å². The Morgan fingerprint density at radius 2 is 0.811 bits per heavy atom. The topological polar surface area (TPSA) is 51.6 Å². The lowest BCUT2D eigenvalue weighted by Crippen LogP contribution is -2.00. The van der Waals surface area contributed by atoms with Crippen LogP contribution in [0.3, 0.4) is 0 Å². The molecule has 2 aromatic heterocycles. The fourth-order valence-electron chi connectivity index (χ4n) is 7.08. The van der Waals surface area contributed by atoms with E-state index >= 15 is 0 Å². The molecule has 2 heterocycles. The van der Waals surface area contributed by atoms with Gasteiger partial charge >= 0.3 is 0 Å². The van der Waals surface area contributed by atoms with Crippen molar-refractivity contribution in [2.75, 3.05) is 0 Å². The first-order valence-corrected chi connectivity index (χ1v) is 18.4. The van der Waals surface area contributed by atoms with E-state index in [1.807, 2.05) is 60.7 Å². The Hall–Kier alpha value is -6.82. The Morgan fingerprint density at radius 1 is 0.321 bits per heavy atom. The molecule has 0 bridgehead atoms. The lowest BCUT2D eigenvalue weighted by atomic mass is 9.96. The minimum atomic E-state index is 0.641. The molecule has 0 saturated heterocycles. The van der Waals surface area contributed by atoms with Crippen LogP contribution < -0.4 is 0 Å². The van der Waals surface area contributed by atoms with Gasteiger partial charge in [-0.25, -0.2) is 19.9 Å². The Balaban J connectivity index is 1.05. The highest BCUT2D eigenvalue weighted by Crippen LogP contribution is 2.39. The van der Waals surface area contributed by atoms with E-state index in [9.17, 15) is 0 Å². The smallest absolute Gasteiger partial charge is 0.164 e. The standard InChI is InChI=1S/C48H30N4S/c1-4-12-31(13-5-1)35-18-11-21-40(30-35)48-49-44-42(53-48)27-25-32-22-23-38-28-37(24-26-41(38)43(32)44)36-19-10-20-39(29-36)47-51-45(33-14-6-2-7-15-33)50-46(52-47)34-16-8-3-9-17-34/h1-30H. The molecule has 0 atom stereocenters. The van der Waals surface area contributed by atoms with Gasteiger partial charge in [0.1, 0.15) is 5.01 Å². The summed E-state index contributed by atoms with van der Waals surface area (Å²) in [6.45, 7) is 0. The predicted molar refractivity (Wildman–Crippen MR) is 221 cm³/mol. The lowest BCUT2D eigenvalue weighted by Gasteiger charge is -2.11. The summed E-state index contributed by atoms with van der Waals surface area (Å²) in [6.07, 6.45) is 0. The highest BCUT2D eigenvalue weighted by atomic mass is 32.1. The average molecular weight is 695 g/mol. The van der Waals surface area contributed by atoms with Crippen molar-refractivity contribution in [1.82, 2.24) is 19.9 Å². The van der Waals surface area contributed by atoms with Crippen LogP contribution >= 0.6 is 11.3 Å². The van der Waals surface area contributed by atoms with Crippen molar-refractivity contribution in [2.45, 2.75) is 0 Å². The molecule has 10 aromatic rings. The van der Waals surface area contributed by atoms with Crippen molar-refractivity contribution < 1.29 is 0 Å². The quantitative estimate of drug-likeness (QED) is 0.163. The number of hydrogen-bond donors (Lipinski definition) is 0. The van der Waals surface area contributed by atoms with Gasteiger partial charge in [0.2, 0.25) is 0 Å². The zero-order chi connectivity index (χ0) is 35.1. The second kappa shape index (κ2) is 13.1. The molecule has 0 saturated carbocycles. The van der Waals surface area contributed by atoms with Crippen LogP contribution in [-0.2, 0) is 0 Å². The molecule has 0 N–H and O–H groups in total. The molecule has 0 spiro atoms. The third kappa shape index (κ3) is 5.83. The molecule has 0 aliphatic rings. The minimum absolute atomic E-state index is 0.641. The molecule has 8 aromatic carbocycles. The molecule has 4 nitrogen and oxygen atoms in total. The van der Waals surface area contributed by atoms with E-state index in [0.717, 1.165) is 43.9 Å². The van der Waals surface area contributed by atoms with Gasteiger partial charge in [-0.05, 0) is 62.7 Å². The Labute approximate surface area is 310 Å². The maximum Gasteiger partial charge on any atom is 0.164 e. The van der Waals surface area contributed by atoms with E-state index < -0.39 is 0 Å². The average Bonchev–Trinajstić information content (AvgIpc) is 3.69. The van der Waals surface area contributed by atoms with Crippen LogP contribution in [-0.4, -0.2) is 19.9 Å². The summed E-state index contributed by atoms with van der Waals surface area (Å²) < 4.78 is 1.18. The van der Waals surface area contributed by atoms with Gasteiger partial charge in [0.15, 0.2) is 17.5 Å². The van der Waals surface area contributed by atoms with E-state index in [1.54, 1.807) is 11.3 Å². The van der Waals surface area contributed by atoms with Crippen LogP contribution in [0, 0.1) is 0 Å². The van der Waals surface area contributed by atoms with Crippen LogP contribution in [0.25, 0.3) is 98.7 Å². The monoisotopic (exact) mass is 694 g/mol. The molecular formula is C48H30N4S. The van der Waals surface area contributed by atoms with Crippen molar-refractivity contribution in [1.29, 1.82) is 0 Å². The highest BCUT2D eigenvalue weighted by Gasteiger charge is 2.15. The largest absolute Gasteiger partial charge is 0.235 e. The van der Waals surface area contributed by atoms with Gasteiger partial charge in [-0.3, -0.25) is 0 Å². The summed E-state index contributed by atoms with van der Waals surface area (Å²) in [4.78, 5) is 20.1. The first kappa shape index (κ1) is 31.0. The lowest BCUT2D eigenvalue weighted by molar-refractivity contribution is 1.07. The molecule has 10 rings (SSSR count). The van der Waals surface area contributed by atoms with Crippen molar-refractivity contribution in [3.63, 3.8) is 0 Å². The van der Waals surface area contributed by atoms with E-state index in [1.165, 1.54) is 37.4 Å². The van der Waals surface area contributed by atoms with Crippen molar-refractivity contribution in [3.8, 4) is 67.0 Å². The maximum atomic E-state index is 5.28. The Bertz CT molecular complexity index is 2880. The van der Waals surface area contributed by atoms with E-state index in [-0.39, 0.29) is 0 Å². The SMILES string of the molecule is c1ccc(-c2cccc(-c3nc4c(ccc5ccc6cc(-c7cccc(-c8nc(-c9ccccc9)nc(-c9ccccc9)n8)c7)ccc6c54)s3)c2)cc1. The molecule has 0 amide bonds. The summed E-state index contributed by atoms with van der Waals surface area (Å²) >= 11 is 1.75. The fourth-order valence-corrected chi connectivity index (χ4v) is 8.05. The molecular weight excluding hydrogens is 665 g/mol. The third-order valence-corrected chi connectivity index (χ3v) is 10.8. The van der Waals surface area contributed by atoms with Gasteiger partial charge in [0.25, 0.3) is 0 Å². The van der Waals surface area contributed by atoms with Gasteiger partial charge < -0.3 is 0 Å². The first-order valence-electron chi connectivity index (χ1n) is 17.6. The molecule has 0 aliphatic carbocycles. The van der Waals surface area contributed by atoms with Crippen LogP contribution in [0.15, 0.2) is 182 Å². The number of nitrogens with zero attached hydrogens (tertiary/aromatic N) is 4. The number of rotatable bonds is 6. The second-order valence-corrected chi connectivity index (χ2v) is 14.1. The van der Waals surface area contributed by atoms with Crippen LogP contribution in [0.4, 0.5) is 0 Å². The molecule has 0 radical (unpaired) electrons. The van der Waals surface area contributed by atoms with E-state index in [2.05, 4.69) is 121 Å². The zero-order valence-corrected chi connectivity index (χ0v) is 29.3. The van der Waals surface area contributed by atoms with Gasteiger partial charge in [-0.2, -0.15) is 0 Å². The molecule has 0 aliphatic heterocycles. The van der Waals surface area contributed by atoms with E-state index in [4.69, 9.17) is 19.9 Å². The number of benzene rings is 8. The molecule has 53 heavy (non-hydrogen) atoms. The highest BCUT2D eigenvalue weighted by molar-refractivity contribution is 7.21. The third-order valence-electron chi connectivity index (χ3n) is 9.73. The van der Waals surface area contributed by atoms with Gasteiger partial charge in [-0.15, -0.1) is 11.3 Å². The molecule has 0 fully saturated rings. The number of aromatic nitrogens is 4. The maximum absolute atomic E-state index is 5.28. The zero-order valence-electron chi connectivity index (χ0n) is 28.5. The van der Waals surface area contributed by atoms with Crippen LogP contribution in [0.1, 0.15) is 0 Å². The van der Waals surface area contributed by atoms with Crippen LogP contribution in [0.5, 0.6) is 0 Å². The minimum Gasteiger partial charge on any atom is -0.235 e. The van der Waals surface area contributed by atoms with Gasteiger partial charge in [0, 0.05) is 27.6 Å². The molecule has 5 heteroatoms. The Morgan fingerprint density at radius 3 is 1.49 bits per heavy atom. The molecule has 0 unspecified atom stereocenters. The number of thiazole rings is 1. The Kier molecular flexibility index (Phi) is 7.63. The van der Waals surface area contributed by atoms with Gasteiger partial charge in [0.05, 0.1) is 10.2 Å². The van der Waals surface area contributed by atoms with Crippen LogP contribution in [0.2, 0.25) is 0 Å². The predicted octanol–water partition coefficient (Wildman–Crippen LogP) is 12.8. The van der Waals surface area contributed by atoms with Gasteiger partial charge in [-0.1, -0.05) is 158 Å². The second-order valence-electron chi connectivity index (χ2n) is 13.1. The summed E-state index contributed by atoms with van der Waals surface area (Å²) in [5.41, 5.74) is 9.64.